The molecule has 29 heavy (non-hydrogen) atoms. The Morgan fingerprint density at radius 3 is 2.86 bits per heavy atom. The Bertz CT molecular complexity index is 1150. The van der Waals surface area contributed by atoms with Crippen LogP contribution in [-0.4, -0.2) is 53.6 Å². The molecule has 146 valence electrons. The van der Waals surface area contributed by atoms with Crippen LogP contribution in [0, 0.1) is 0 Å². The first-order valence-electron chi connectivity index (χ1n) is 9.61. The molecule has 0 atom stereocenters. The number of fused-ring (bicyclic) bond motifs is 1. The van der Waals surface area contributed by atoms with Crippen LogP contribution < -0.4 is 0 Å². The second-order valence-electron chi connectivity index (χ2n) is 6.99. The number of hydrogen-bond acceptors (Lipinski definition) is 7. The lowest BCUT2D eigenvalue weighted by Gasteiger charge is -2.15. The molecule has 0 bridgehead atoms. The van der Waals surface area contributed by atoms with E-state index in [-0.39, 0.29) is 5.91 Å². The molecule has 9 heteroatoms. The van der Waals surface area contributed by atoms with Crippen molar-refractivity contribution < 1.29 is 9.32 Å². The van der Waals surface area contributed by atoms with Gasteiger partial charge in [-0.3, -0.25) is 9.78 Å². The molecule has 0 spiro atoms. The lowest BCUT2D eigenvalue weighted by molar-refractivity contribution is -0.130. The van der Waals surface area contributed by atoms with Gasteiger partial charge in [-0.15, -0.1) is 0 Å². The number of nitrogens with zero attached hydrogens (tertiary/aromatic N) is 7. The number of aryl methyl sites for hydroxylation is 1. The number of benzene rings is 1. The average Bonchev–Trinajstić information content (AvgIpc) is 3.53. The topological polar surface area (TPSA) is 103 Å². The smallest absolute Gasteiger partial charge is 0.278 e. The highest BCUT2D eigenvalue weighted by atomic mass is 16.5. The van der Waals surface area contributed by atoms with E-state index in [9.17, 15) is 4.79 Å². The fourth-order valence-electron chi connectivity index (χ4n) is 3.58. The van der Waals surface area contributed by atoms with Crippen LogP contribution in [0.3, 0.4) is 0 Å². The number of likely N-dealkylation sites (tertiary alicyclic amines) is 1. The number of aromatic nitrogens is 6. The van der Waals surface area contributed by atoms with Gasteiger partial charge in [-0.2, -0.15) is 4.98 Å². The SMILES string of the molecule is O=C(CCn1cnc2cc(-c3noc(-c4cnccn4)n3)ccc21)N1CCCC1. The monoisotopic (exact) mass is 389 g/mol. The van der Waals surface area contributed by atoms with E-state index in [2.05, 4.69) is 25.1 Å². The van der Waals surface area contributed by atoms with Gasteiger partial charge in [-0.05, 0) is 31.0 Å². The minimum Gasteiger partial charge on any atom is -0.343 e. The van der Waals surface area contributed by atoms with Gasteiger partial charge in [0.25, 0.3) is 5.89 Å². The molecule has 1 amide bonds. The van der Waals surface area contributed by atoms with Crippen molar-refractivity contribution in [2.24, 2.45) is 0 Å². The minimum atomic E-state index is 0.212. The third-order valence-electron chi connectivity index (χ3n) is 5.11. The van der Waals surface area contributed by atoms with Crippen LogP contribution in [0.15, 0.2) is 47.6 Å². The summed E-state index contributed by atoms with van der Waals surface area (Å²) in [6, 6.07) is 5.81. The van der Waals surface area contributed by atoms with Gasteiger partial charge in [-0.1, -0.05) is 5.16 Å². The number of amides is 1. The zero-order valence-corrected chi connectivity index (χ0v) is 15.7. The highest BCUT2D eigenvalue weighted by Gasteiger charge is 2.18. The molecule has 0 radical (unpaired) electrons. The fourth-order valence-corrected chi connectivity index (χ4v) is 3.58. The van der Waals surface area contributed by atoms with Gasteiger partial charge in [0.2, 0.25) is 11.7 Å². The zero-order valence-electron chi connectivity index (χ0n) is 15.7. The standard InChI is InChI=1S/C20H19N7O2/c28-18(26-8-1-2-9-26)5-10-27-13-23-15-11-14(3-4-17(15)27)19-24-20(29-25-19)16-12-21-6-7-22-16/h3-4,6-7,11-13H,1-2,5,8-10H2. The minimum absolute atomic E-state index is 0.212. The highest BCUT2D eigenvalue weighted by Crippen LogP contribution is 2.24. The van der Waals surface area contributed by atoms with Crippen LogP contribution in [0.5, 0.6) is 0 Å². The molecule has 0 aliphatic carbocycles. The van der Waals surface area contributed by atoms with E-state index in [4.69, 9.17) is 4.52 Å². The Morgan fingerprint density at radius 1 is 1.14 bits per heavy atom. The summed E-state index contributed by atoms with van der Waals surface area (Å²) in [7, 11) is 0. The molecule has 3 aromatic heterocycles. The van der Waals surface area contributed by atoms with Gasteiger partial charge in [0.15, 0.2) is 0 Å². The molecule has 0 unspecified atom stereocenters. The predicted molar refractivity (Wildman–Crippen MR) is 104 cm³/mol. The van der Waals surface area contributed by atoms with E-state index < -0.39 is 0 Å². The van der Waals surface area contributed by atoms with Gasteiger partial charge in [0.05, 0.1) is 23.6 Å². The van der Waals surface area contributed by atoms with Crippen molar-refractivity contribution >= 4 is 16.9 Å². The number of hydrogen-bond donors (Lipinski definition) is 0. The Labute approximate surface area is 166 Å². The van der Waals surface area contributed by atoms with Crippen molar-refractivity contribution in [2.75, 3.05) is 13.1 Å². The Balaban J connectivity index is 1.34. The van der Waals surface area contributed by atoms with Crippen LogP contribution in [0.2, 0.25) is 0 Å². The third-order valence-corrected chi connectivity index (χ3v) is 5.11. The number of imidazole rings is 1. The van der Waals surface area contributed by atoms with Crippen molar-refractivity contribution in [3.05, 3.63) is 43.1 Å². The Kier molecular flexibility index (Phi) is 4.47. The predicted octanol–water partition coefficient (Wildman–Crippen LogP) is 2.56. The van der Waals surface area contributed by atoms with E-state index in [0.717, 1.165) is 42.5 Å². The molecule has 5 rings (SSSR count). The quantitative estimate of drug-likeness (QED) is 0.517. The summed E-state index contributed by atoms with van der Waals surface area (Å²) in [4.78, 5) is 31.3. The van der Waals surface area contributed by atoms with E-state index in [1.54, 1.807) is 24.9 Å². The van der Waals surface area contributed by atoms with Crippen LogP contribution in [0.25, 0.3) is 34.0 Å². The highest BCUT2D eigenvalue weighted by molar-refractivity contribution is 5.81. The molecule has 4 heterocycles. The molecule has 1 aromatic carbocycles. The van der Waals surface area contributed by atoms with E-state index in [1.165, 1.54) is 0 Å². The van der Waals surface area contributed by atoms with Gasteiger partial charge < -0.3 is 14.0 Å². The van der Waals surface area contributed by atoms with Crippen molar-refractivity contribution in [3.63, 3.8) is 0 Å². The van der Waals surface area contributed by atoms with E-state index >= 15 is 0 Å². The van der Waals surface area contributed by atoms with Crippen molar-refractivity contribution in [2.45, 2.75) is 25.8 Å². The van der Waals surface area contributed by atoms with E-state index in [1.807, 2.05) is 27.7 Å². The van der Waals surface area contributed by atoms with Crippen molar-refractivity contribution in [3.8, 4) is 23.0 Å². The lowest BCUT2D eigenvalue weighted by Crippen LogP contribution is -2.28. The molecule has 1 aliphatic heterocycles. The van der Waals surface area contributed by atoms with Gasteiger partial charge in [0, 0.05) is 44.0 Å². The fraction of sp³-hybridized carbons (Fsp3) is 0.300. The van der Waals surface area contributed by atoms with Crippen LogP contribution in [0.4, 0.5) is 0 Å². The van der Waals surface area contributed by atoms with Crippen LogP contribution in [0.1, 0.15) is 19.3 Å². The Hall–Kier alpha value is -3.62. The van der Waals surface area contributed by atoms with Gasteiger partial charge >= 0.3 is 0 Å². The van der Waals surface area contributed by atoms with Crippen LogP contribution >= 0.6 is 0 Å². The largest absolute Gasteiger partial charge is 0.343 e. The maximum absolute atomic E-state index is 12.3. The molecule has 9 nitrogen and oxygen atoms in total. The summed E-state index contributed by atoms with van der Waals surface area (Å²) < 4.78 is 7.31. The summed E-state index contributed by atoms with van der Waals surface area (Å²) in [6.45, 7) is 2.38. The molecule has 0 N–H and O–H groups in total. The maximum atomic E-state index is 12.3. The Morgan fingerprint density at radius 2 is 2.03 bits per heavy atom. The van der Waals surface area contributed by atoms with E-state index in [0.29, 0.717) is 30.4 Å². The first-order chi connectivity index (χ1) is 14.3. The second-order valence-corrected chi connectivity index (χ2v) is 6.99. The molecule has 1 fully saturated rings. The van der Waals surface area contributed by atoms with Gasteiger partial charge in [0.1, 0.15) is 5.69 Å². The number of carbonyl (C=O) groups excluding carboxylic acids is 1. The van der Waals surface area contributed by atoms with Crippen LogP contribution in [-0.2, 0) is 11.3 Å². The average molecular weight is 389 g/mol. The van der Waals surface area contributed by atoms with Gasteiger partial charge in [-0.25, -0.2) is 9.97 Å². The van der Waals surface area contributed by atoms with Crippen molar-refractivity contribution in [1.29, 1.82) is 0 Å². The molecular weight excluding hydrogens is 370 g/mol. The third kappa shape index (κ3) is 3.46. The number of carbonyl (C=O) groups is 1. The number of rotatable bonds is 5. The second kappa shape index (κ2) is 7.42. The lowest BCUT2D eigenvalue weighted by atomic mass is 10.2. The first-order valence-corrected chi connectivity index (χ1v) is 9.61. The maximum Gasteiger partial charge on any atom is 0.278 e. The molecule has 1 saturated heterocycles. The first kappa shape index (κ1) is 17.5. The molecular formula is C20H19N7O2. The molecule has 1 aliphatic rings. The molecule has 0 saturated carbocycles. The normalized spacial score (nSPS) is 14.0. The summed E-state index contributed by atoms with van der Waals surface area (Å²) in [5.41, 5.74) is 3.12. The zero-order chi connectivity index (χ0) is 19.6. The summed E-state index contributed by atoms with van der Waals surface area (Å²) in [6.07, 6.45) is 9.21. The molecule has 4 aromatic rings. The summed E-state index contributed by atoms with van der Waals surface area (Å²) in [5.74, 6) is 0.995. The van der Waals surface area contributed by atoms with Crippen molar-refractivity contribution in [1.82, 2.24) is 34.6 Å². The summed E-state index contributed by atoms with van der Waals surface area (Å²) in [5, 5.41) is 4.04. The summed E-state index contributed by atoms with van der Waals surface area (Å²) >= 11 is 0.